The molecule has 0 aliphatic carbocycles. The molecule has 2 heterocycles. The molecule has 4 heteroatoms. The number of hydrogen-bond acceptors (Lipinski definition) is 3. The lowest BCUT2D eigenvalue weighted by molar-refractivity contribution is 0.245. The molecule has 3 atom stereocenters. The third-order valence-corrected chi connectivity index (χ3v) is 4.61. The molecule has 2 N–H and O–H groups in total. The second-order valence-electron chi connectivity index (χ2n) is 5.80. The van der Waals surface area contributed by atoms with Crippen molar-refractivity contribution in [2.24, 2.45) is 5.92 Å². The van der Waals surface area contributed by atoms with Gasteiger partial charge in [0.2, 0.25) is 0 Å². The van der Waals surface area contributed by atoms with Crippen LogP contribution >= 0.6 is 0 Å². The molecule has 2 fully saturated rings. The Bertz CT molecular complexity index is 451. The van der Waals surface area contributed by atoms with Gasteiger partial charge < -0.3 is 10.4 Å². The van der Waals surface area contributed by atoms with Gasteiger partial charge in [0.05, 0.1) is 0 Å². The van der Waals surface area contributed by atoms with E-state index in [-0.39, 0.29) is 17.6 Å². The summed E-state index contributed by atoms with van der Waals surface area (Å²) in [6.45, 7) is 5.18. The molecule has 1 aromatic rings. The minimum absolute atomic E-state index is 0.0584. The molecule has 0 radical (unpaired) electrons. The third-order valence-electron chi connectivity index (χ3n) is 4.61. The maximum absolute atomic E-state index is 13.3. The number of halogens is 1. The Morgan fingerprint density at radius 1 is 1.42 bits per heavy atom. The Kier molecular flexibility index (Phi) is 3.46. The summed E-state index contributed by atoms with van der Waals surface area (Å²) < 4.78 is 13.3. The highest BCUT2D eigenvalue weighted by Crippen LogP contribution is 2.34. The molecule has 2 saturated heterocycles. The molecule has 3 rings (SSSR count). The molecule has 0 aromatic heterocycles. The molecule has 0 saturated carbocycles. The number of nitrogens with one attached hydrogen (secondary N) is 1. The van der Waals surface area contributed by atoms with E-state index in [0.29, 0.717) is 17.5 Å². The lowest BCUT2D eigenvalue weighted by atomic mass is 9.94. The molecule has 104 valence electrons. The van der Waals surface area contributed by atoms with Gasteiger partial charge in [-0.15, -0.1) is 0 Å². The van der Waals surface area contributed by atoms with Crippen LogP contribution in [0.4, 0.5) is 4.39 Å². The number of benzene rings is 1. The van der Waals surface area contributed by atoms with E-state index in [4.69, 9.17) is 0 Å². The number of piperidine rings is 1. The fourth-order valence-corrected chi connectivity index (χ4v) is 3.45. The zero-order chi connectivity index (χ0) is 13.4. The zero-order valence-electron chi connectivity index (χ0n) is 11.3. The van der Waals surface area contributed by atoms with Crippen molar-refractivity contribution in [1.82, 2.24) is 10.2 Å². The maximum atomic E-state index is 13.3. The third kappa shape index (κ3) is 2.47. The molecule has 0 spiro atoms. The fraction of sp³-hybridized carbons (Fsp3) is 0.600. The summed E-state index contributed by atoms with van der Waals surface area (Å²) in [6.07, 6.45) is 2.52. The lowest BCUT2D eigenvalue weighted by Gasteiger charge is -2.25. The van der Waals surface area contributed by atoms with Crippen LogP contribution in [0.5, 0.6) is 5.75 Å². The normalized spacial score (nSPS) is 29.2. The fourth-order valence-electron chi connectivity index (χ4n) is 3.45. The van der Waals surface area contributed by atoms with E-state index in [1.165, 1.54) is 31.0 Å². The molecule has 2 aliphatic rings. The van der Waals surface area contributed by atoms with Crippen molar-refractivity contribution in [1.29, 1.82) is 0 Å². The lowest BCUT2D eigenvalue weighted by Crippen LogP contribution is -2.40. The largest absolute Gasteiger partial charge is 0.508 e. The number of likely N-dealkylation sites (tertiary alicyclic amines) is 1. The summed E-state index contributed by atoms with van der Waals surface area (Å²) in [6, 6.07) is 4.82. The summed E-state index contributed by atoms with van der Waals surface area (Å²) in [7, 11) is 0. The van der Waals surface area contributed by atoms with E-state index in [2.05, 4.69) is 10.2 Å². The first-order chi connectivity index (χ1) is 9.15. The Balaban J connectivity index is 1.77. The van der Waals surface area contributed by atoms with Crippen LogP contribution < -0.4 is 5.32 Å². The predicted molar refractivity (Wildman–Crippen MR) is 72.6 cm³/mol. The Morgan fingerprint density at radius 3 is 3.05 bits per heavy atom. The van der Waals surface area contributed by atoms with Crippen molar-refractivity contribution >= 4 is 0 Å². The van der Waals surface area contributed by atoms with Crippen LogP contribution in [0.2, 0.25) is 0 Å². The first-order valence-electron chi connectivity index (χ1n) is 7.11. The van der Waals surface area contributed by atoms with Crippen LogP contribution in [-0.2, 0) is 0 Å². The number of hydrogen-bond donors (Lipinski definition) is 2. The summed E-state index contributed by atoms with van der Waals surface area (Å²) >= 11 is 0. The van der Waals surface area contributed by atoms with Gasteiger partial charge in [-0.3, -0.25) is 4.90 Å². The molecule has 3 unspecified atom stereocenters. The van der Waals surface area contributed by atoms with Gasteiger partial charge in [-0.25, -0.2) is 4.39 Å². The van der Waals surface area contributed by atoms with E-state index in [0.717, 1.165) is 19.6 Å². The highest BCUT2D eigenvalue weighted by Gasteiger charge is 2.36. The Hall–Kier alpha value is -1.13. The van der Waals surface area contributed by atoms with Crippen molar-refractivity contribution in [3.63, 3.8) is 0 Å². The van der Waals surface area contributed by atoms with Crippen molar-refractivity contribution in [2.75, 3.05) is 19.6 Å². The van der Waals surface area contributed by atoms with Gasteiger partial charge in [0.25, 0.3) is 0 Å². The summed E-state index contributed by atoms with van der Waals surface area (Å²) in [5, 5.41) is 13.5. The van der Waals surface area contributed by atoms with Crippen LogP contribution in [0.3, 0.4) is 0 Å². The topological polar surface area (TPSA) is 35.5 Å². The molecular weight excluding hydrogens is 243 g/mol. The highest BCUT2D eigenvalue weighted by atomic mass is 19.1. The Labute approximate surface area is 113 Å². The van der Waals surface area contributed by atoms with Crippen molar-refractivity contribution in [3.05, 3.63) is 29.6 Å². The second-order valence-corrected chi connectivity index (χ2v) is 5.80. The SMILES string of the molecule is CC(c1cc(F)ccc1O)N1CC2CCCNC2C1. The molecule has 3 nitrogen and oxygen atoms in total. The molecule has 2 aliphatic heterocycles. The monoisotopic (exact) mass is 264 g/mol. The van der Waals surface area contributed by atoms with Gasteiger partial charge in [0, 0.05) is 30.7 Å². The van der Waals surface area contributed by atoms with Crippen LogP contribution in [0.25, 0.3) is 0 Å². The van der Waals surface area contributed by atoms with Gasteiger partial charge >= 0.3 is 0 Å². The summed E-state index contributed by atoms with van der Waals surface area (Å²) in [4.78, 5) is 2.35. The molecule has 0 bridgehead atoms. The standard InChI is InChI=1S/C15H21FN2O/c1-10(13-7-12(16)4-5-15(13)19)18-8-11-3-2-6-17-14(11)9-18/h4-5,7,10-11,14,17,19H,2-3,6,8-9H2,1H3. The quantitative estimate of drug-likeness (QED) is 0.860. The van der Waals surface area contributed by atoms with E-state index in [9.17, 15) is 9.50 Å². The van der Waals surface area contributed by atoms with Gasteiger partial charge in [0.15, 0.2) is 0 Å². The van der Waals surface area contributed by atoms with Gasteiger partial charge in [0.1, 0.15) is 11.6 Å². The second kappa shape index (κ2) is 5.10. The Morgan fingerprint density at radius 2 is 2.26 bits per heavy atom. The van der Waals surface area contributed by atoms with Crippen LogP contribution in [0, 0.1) is 11.7 Å². The highest BCUT2D eigenvalue weighted by molar-refractivity contribution is 5.35. The number of fused-ring (bicyclic) bond motifs is 1. The van der Waals surface area contributed by atoms with Crippen molar-refractivity contribution in [2.45, 2.75) is 31.8 Å². The van der Waals surface area contributed by atoms with E-state index >= 15 is 0 Å². The minimum Gasteiger partial charge on any atom is -0.508 e. The molecule has 19 heavy (non-hydrogen) atoms. The van der Waals surface area contributed by atoms with E-state index in [1.54, 1.807) is 0 Å². The van der Waals surface area contributed by atoms with Crippen LogP contribution in [-0.4, -0.2) is 35.7 Å². The number of rotatable bonds is 2. The number of nitrogens with zero attached hydrogens (tertiary/aromatic N) is 1. The van der Waals surface area contributed by atoms with Crippen molar-refractivity contribution < 1.29 is 9.50 Å². The molecular formula is C15H21FN2O. The first kappa shape index (κ1) is 12.9. The first-order valence-corrected chi connectivity index (χ1v) is 7.11. The number of aromatic hydroxyl groups is 1. The maximum Gasteiger partial charge on any atom is 0.123 e. The van der Waals surface area contributed by atoms with Crippen LogP contribution in [0.15, 0.2) is 18.2 Å². The average Bonchev–Trinajstić information content (AvgIpc) is 2.84. The van der Waals surface area contributed by atoms with Crippen molar-refractivity contribution in [3.8, 4) is 5.75 Å². The van der Waals surface area contributed by atoms with Gasteiger partial charge in [-0.1, -0.05) is 0 Å². The summed E-state index contributed by atoms with van der Waals surface area (Å²) in [5.41, 5.74) is 0.693. The van der Waals surface area contributed by atoms with Gasteiger partial charge in [-0.05, 0) is 50.4 Å². The number of phenols is 1. The summed E-state index contributed by atoms with van der Waals surface area (Å²) in [5.74, 6) is 0.609. The predicted octanol–water partition coefficient (Wildman–Crippen LogP) is 2.28. The average molecular weight is 264 g/mol. The minimum atomic E-state index is -0.283. The molecule has 1 aromatic carbocycles. The molecule has 0 amide bonds. The smallest absolute Gasteiger partial charge is 0.123 e. The van der Waals surface area contributed by atoms with E-state index < -0.39 is 0 Å². The zero-order valence-corrected chi connectivity index (χ0v) is 11.3. The van der Waals surface area contributed by atoms with Crippen LogP contribution in [0.1, 0.15) is 31.4 Å². The number of phenolic OH excluding ortho intramolecular Hbond substituents is 1. The van der Waals surface area contributed by atoms with E-state index in [1.807, 2.05) is 6.92 Å². The van der Waals surface area contributed by atoms with Gasteiger partial charge in [-0.2, -0.15) is 0 Å².